The van der Waals surface area contributed by atoms with Crippen LogP contribution in [-0.4, -0.2) is 21.0 Å². The summed E-state index contributed by atoms with van der Waals surface area (Å²) >= 11 is 0. The molecule has 5 heteroatoms. The van der Waals surface area contributed by atoms with Crippen molar-refractivity contribution in [2.45, 2.75) is 6.92 Å². The molecule has 1 heterocycles. The van der Waals surface area contributed by atoms with Crippen LogP contribution in [0, 0.1) is 6.92 Å². The Morgan fingerprint density at radius 3 is 2.82 bits per heavy atom. The van der Waals surface area contributed by atoms with E-state index in [4.69, 9.17) is 10.8 Å². The average Bonchev–Trinajstić information content (AvgIpc) is 1.94. The number of carboxylic acids is 1. The Kier molecular flexibility index (Phi) is 1.72. The molecule has 58 valence electrons. The average molecular weight is 153 g/mol. The molecule has 0 amide bonds. The topological polar surface area (TPSA) is 89.1 Å². The van der Waals surface area contributed by atoms with E-state index in [0.29, 0.717) is 11.4 Å². The van der Waals surface area contributed by atoms with Crippen molar-refractivity contribution in [3.8, 4) is 0 Å². The van der Waals surface area contributed by atoms with Gasteiger partial charge in [0.2, 0.25) is 5.82 Å². The minimum Gasteiger partial charge on any atom is -0.475 e. The van der Waals surface area contributed by atoms with Crippen LogP contribution >= 0.6 is 0 Å². The Bertz CT molecular complexity index is 298. The Morgan fingerprint density at radius 2 is 2.36 bits per heavy atom. The number of hydrogen-bond donors (Lipinski definition) is 2. The van der Waals surface area contributed by atoms with E-state index in [1.54, 1.807) is 6.92 Å². The molecule has 0 fully saturated rings. The number of nitrogens with zero attached hydrogens (tertiary/aromatic N) is 2. The Morgan fingerprint density at radius 1 is 1.73 bits per heavy atom. The van der Waals surface area contributed by atoms with Gasteiger partial charge in [-0.3, -0.25) is 0 Å². The third-order valence-corrected chi connectivity index (χ3v) is 1.21. The largest absolute Gasteiger partial charge is 0.475 e. The van der Waals surface area contributed by atoms with Crippen LogP contribution in [0.2, 0.25) is 0 Å². The van der Waals surface area contributed by atoms with Gasteiger partial charge in [0, 0.05) is 0 Å². The molecular weight excluding hydrogens is 146 g/mol. The first-order valence-corrected chi connectivity index (χ1v) is 2.93. The summed E-state index contributed by atoms with van der Waals surface area (Å²) < 4.78 is 0. The summed E-state index contributed by atoms with van der Waals surface area (Å²) in [7, 11) is 0. The number of aryl methyl sites for hydroxylation is 1. The maximum atomic E-state index is 10.3. The van der Waals surface area contributed by atoms with Gasteiger partial charge in [-0.1, -0.05) is 0 Å². The van der Waals surface area contributed by atoms with Crippen LogP contribution in [0.3, 0.4) is 0 Å². The maximum absolute atomic E-state index is 10.3. The standard InChI is InChI=1S/C6H7N3O2/c1-3-4(7)2-8-5(9-3)6(10)11/h2H,7H2,1H3,(H,10,11). The highest BCUT2D eigenvalue weighted by Gasteiger charge is 2.06. The van der Waals surface area contributed by atoms with Crippen molar-refractivity contribution in [1.82, 2.24) is 9.97 Å². The van der Waals surface area contributed by atoms with Gasteiger partial charge in [0.15, 0.2) is 0 Å². The third kappa shape index (κ3) is 1.43. The zero-order valence-electron chi connectivity index (χ0n) is 5.90. The molecule has 11 heavy (non-hydrogen) atoms. The number of carboxylic acid groups (broad SMARTS) is 1. The predicted octanol–water partition coefficient (Wildman–Crippen LogP) is 0.0654. The molecule has 5 nitrogen and oxygen atoms in total. The number of aromatic carboxylic acids is 1. The lowest BCUT2D eigenvalue weighted by molar-refractivity contribution is 0.0683. The second-order valence-corrected chi connectivity index (χ2v) is 2.04. The van der Waals surface area contributed by atoms with Crippen molar-refractivity contribution in [3.05, 3.63) is 17.7 Å². The van der Waals surface area contributed by atoms with Crippen molar-refractivity contribution in [2.75, 3.05) is 5.73 Å². The van der Waals surface area contributed by atoms with Gasteiger partial charge in [-0.05, 0) is 6.92 Å². The Labute approximate surface area is 62.9 Å². The molecule has 1 aromatic rings. The Hall–Kier alpha value is -1.65. The van der Waals surface area contributed by atoms with Gasteiger partial charge >= 0.3 is 5.97 Å². The minimum atomic E-state index is -1.15. The number of anilines is 1. The molecule has 0 spiro atoms. The molecule has 1 aromatic heterocycles. The molecule has 0 saturated carbocycles. The molecule has 0 radical (unpaired) electrons. The van der Waals surface area contributed by atoms with Crippen molar-refractivity contribution in [2.24, 2.45) is 0 Å². The minimum absolute atomic E-state index is 0.225. The summed E-state index contributed by atoms with van der Waals surface area (Å²) in [6, 6.07) is 0. The van der Waals surface area contributed by atoms with E-state index >= 15 is 0 Å². The van der Waals surface area contributed by atoms with E-state index in [2.05, 4.69) is 9.97 Å². The van der Waals surface area contributed by atoms with Gasteiger partial charge in [0.05, 0.1) is 17.6 Å². The van der Waals surface area contributed by atoms with Crippen molar-refractivity contribution in [1.29, 1.82) is 0 Å². The van der Waals surface area contributed by atoms with Crippen LogP contribution < -0.4 is 5.73 Å². The van der Waals surface area contributed by atoms with E-state index in [-0.39, 0.29) is 5.82 Å². The van der Waals surface area contributed by atoms with Gasteiger partial charge in [-0.15, -0.1) is 0 Å². The van der Waals surface area contributed by atoms with Crippen molar-refractivity contribution >= 4 is 11.7 Å². The van der Waals surface area contributed by atoms with Crippen LogP contribution in [-0.2, 0) is 0 Å². The van der Waals surface area contributed by atoms with Crippen LogP contribution in [0.1, 0.15) is 16.3 Å². The molecule has 0 saturated heterocycles. The van der Waals surface area contributed by atoms with Gasteiger partial charge in [0.1, 0.15) is 0 Å². The summed E-state index contributed by atoms with van der Waals surface area (Å²) in [6.45, 7) is 1.63. The van der Waals surface area contributed by atoms with Crippen LogP contribution in [0.25, 0.3) is 0 Å². The van der Waals surface area contributed by atoms with E-state index in [9.17, 15) is 4.79 Å². The van der Waals surface area contributed by atoms with Crippen molar-refractivity contribution < 1.29 is 9.90 Å². The second-order valence-electron chi connectivity index (χ2n) is 2.04. The molecule has 1 rings (SSSR count). The Balaban J connectivity index is 3.15. The molecule has 0 aliphatic heterocycles. The predicted molar refractivity (Wildman–Crippen MR) is 38.1 cm³/mol. The number of aromatic nitrogens is 2. The molecule has 0 atom stereocenters. The van der Waals surface area contributed by atoms with Crippen molar-refractivity contribution in [3.63, 3.8) is 0 Å². The smallest absolute Gasteiger partial charge is 0.373 e. The SMILES string of the molecule is Cc1nc(C(=O)O)ncc1N. The number of hydrogen-bond acceptors (Lipinski definition) is 4. The molecule has 3 N–H and O–H groups in total. The maximum Gasteiger partial charge on any atom is 0.373 e. The highest BCUT2D eigenvalue weighted by atomic mass is 16.4. The summed E-state index contributed by atoms with van der Waals surface area (Å²) in [5.41, 5.74) is 6.25. The highest BCUT2D eigenvalue weighted by molar-refractivity contribution is 5.83. The lowest BCUT2D eigenvalue weighted by atomic mass is 10.4. The van der Waals surface area contributed by atoms with Gasteiger partial charge in [-0.25, -0.2) is 14.8 Å². The van der Waals surface area contributed by atoms with Gasteiger partial charge < -0.3 is 10.8 Å². The van der Waals surface area contributed by atoms with Crippen LogP contribution in [0.4, 0.5) is 5.69 Å². The highest BCUT2D eigenvalue weighted by Crippen LogP contribution is 2.04. The first kappa shape index (κ1) is 7.46. The molecule has 0 aliphatic rings. The van der Waals surface area contributed by atoms with E-state index in [1.807, 2.05) is 0 Å². The fourth-order valence-electron chi connectivity index (χ4n) is 0.579. The second kappa shape index (κ2) is 2.53. The zero-order valence-corrected chi connectivity index (χ0v) is 5.90. The number of nitrogen functional groups attached to an aromatic ring is 1. The first-order valence-electron chi connectivity index (χ1n) is 2.93. The first-order chi connectivity index (χ1) is 5.11. The fraction of sp³-hybridized carbons (Fsp3) is 0.167. The summed E-state index contributed by atoms with van der Waals surface area (Å²) in [4.78, 5) is 17.4. The monoisotopic (exact) mass is 153 g/mol. The molecule has 0 bridgehead atoms. The van der Waals surface area contributed by atoms with E-state index in [1.165, 1.54) is 6.20 Å². The quantitative estimate of drug-likeness (QED) is 0.595. The summed E-state index contributed by atoms with van der Waals surface area (Å²) in [5, 5.41) is 8.43. The molecule has 0 unspecified atom stereocenters. The van der Waals surface area contributed by atoms with E-state index < -0.39 is 5.97 Å². The normalized spacial score (nSPS) is 9.55. The number of rotatable bonds is 1. The molecular formula is C6H7N3O2. The summed E-state index contributed by atoms with van der Waals surface area (Å²) in [5.74, 6) is -1.37. The van der Waals surface area contributed by atoms with Gasteiger partial charge in [-0.2, -0.15) is 0 Å². The van der Waals surface area contributed by atoms with Crippen LogP contribution in [0.5, 0.6) is 0 Å². The number of nitrogens with two attached hydrogens (primary N) is 1. The summed E-state index contributed by atoms with van der Waals surface area (Å²) in [6.07, 6.45) is 1.28. The molecule has 0 aromatic carbocycles. The van der Waals surface area contributed by atoms with Crippen LogP contribution in [0.15, 0.2) is 6.20 Å². The fourth-order valence-corrected chi connectivity index (χ4v) is 0.579. The third-order valence-electron chi connectivity index (χ3n) is 1.21. The number of carbonyl (C=O) groups is 1. The van der Waals surface area contributed by atoms with Gasteiger partial charge in [0.25, 0.3) is 0 Å². The lowest BCUT2D eigenvalue weighted by Crippen LogP contribution is -2.06. The zero-order chi connectivity index (χ0) is 8.43. The van der Waals surface area contributed by atoms with E-state index in [0.717, 1.165) is 0 Å². The lowest BCUT2D eigenvalue weighted by Gasteiger charge is -1.97. The molecule has 0 aliphatic carbocycles.